The summed E-state index contributed by atoms with van der Waals surface area (Å²) in [6.45, 7) is 1.83. The van der Waals surface area contributed by atoms with Gasteiger partial charge in [-0.05, 0) is 42.8 Å². The predicted molar refractivity (Wildman–Crippen MR) is 77.8 cm³/mol. The van der Waals surface area contributed by atoms with Gasteiger partial charge in [-0.1, -0.05) is 17.7 Å². The number of nitrogens with one attached hydrogen (secondary N) is 1. The molecule has 0 aromatic heterocycles. The Hall–Kier alpha value is -1.79. The quantitative estimate of drug-likeness (QED) is 0.855. The van der Waals surface area contributed by atoms with Crippen molar-refractivity contribution in [1.82, 2.24) is 0 Å². The topological polar surface area (TPSA) is 72.2 Å². The molecule has 0 aliphatic carbocycles. The summed E-state index contributed by atoms with van der Waals surface area (Å²) in [5.41, 5.74) is 6.63. The number of hydrogen-bond donors (Lipinski definition) is 2. The highest BCUT2D eigenvalue weighted by atomic mass is 35.5. The van der Waals surface area contributed by atoms with Gasteiger partial charge in [-0.3, -0.25) is 4.72 Å². The van der Waals surface area contributed by atoms with E-state index in [1.165, 1.54) is 12.1 Å². The van der Waals surface area contributed by atoms with Crippen molar-refractivity contribution >= 4 is 33.0 Å². The Bertz CT molecular complexity index is 763. The minimum Gasteiger partial charge on any atom is -0.398 e. The normalized spacial score (nSPS) is 11.3. The number of benzene rings is 2. The number of anilines is 2. The van der Waals surface area contributed by atoms with Gasteiger partial charge in [0.25, 0.3) is 10.0 Å². The van der Waals surface area contributed by atoms with Crippen molar-refractivity contribution in [3.8, 4) is 0 Å². The maximum Gasteiger partial charge on any atom is 0.264 e. The summed E-state index contributed by atoms with van der Waals surface area (Å²) >= 11 is 5.96. The lowest BCUT2D eigenvalue weighted by Gasteiger charge is -2.11. The first-order chi connectivity index (χ1) is 9.29. The Kier molecular flexibility index (Phi) is 3.87. The van der Waals surface area contributed by atoms with E-state index in [9.17, 15) is 12.8 Å². The summed E-state index contributed by atoms with van der Waals surface area (Å²) in [7, 11) is -4.00. The van der Waals surface area contributed by atoms with Gasteiger partial charge in [0.15, 0.2) is 0 Å². The first-order valence-electron chi connectivity index (χ1n) is 5.63. The Morgan fingerprint density at radius 2 is 1.90 bits per heavy atom. The standard InChI is InChI=1S/C13H12ClFN2O2S/c1-8-2-5-12(10(14)6-8)17-20(18,19)13-7-9(15)3-4-11(13)16/h2-7,17H,16H2,1H3. The molecule has 0 aliphatic heterocycles. The van der Waals surface area contributed by atoms with Crippen molar-refractivity contribution in [2.45, 2.75) is 11.8 Å². The number of nitrogen functional groups attached to an aromatic ring is 1. The summed E-state index contributed by atoms with van der Waals surface area (Å²) in [5, 5.41) is 0.253. The first-order valence-corrected chi connectivity index (χ1v) is 7.50. The molecular weight excluding hydrogens is 303 g/mol. The van der Waals surface area contributed by atoms with Gasteiger partial charge in [0, 0.05) is 0 Å². The molecule has 0 saturated carbocycles. The smallest absolute Gasteiger partial charge is 0.264 e. The lowest BCUT2D eigenvalue weighted by atomic mass is 10.2. The zero-order valence-corrected chi connectivity index (χ0v) is 12.1. The zero-order valence-electron chi connectivity index (χ0n) is 10.5. The molecule has 7 heteroatoms. The molecular formula is C13H12ClFN2O2S. The van der Waals surface area contributed by atoms with E-state index in [1.807, 2.05) is 6.92 Å². The molecule has 20 heavy (non-hydrogen) atoms. The third kappa shape index (κ3) is 3.02. The number of halogens is 2. The van der Waals surface area contributed by atoms with Gasteiger partial charge < -0.3 is 5.73 Å². The van der Waals surface area contributed by atoms with Crippen LogP contribution < -0.4 is 10.5 Å². The second-order valence-electron chi connectivity index (χ2n) is 4.27. The summed E-state index contributed by atoms with van der Waals surface area (Å²) < 4.78 is 39.9. The largest absolute Gasteiger partial charge is 0.398 e. The molecule has 0 radical (unpaired) electrons. The third-order valence-corrected chi connectivity index (χ3v) is 4.37. The van der Waals surface area contributed by atoms with Crippen molar-refractivity contribution in [2.75, 3.05) is 10.5 Å². The molecule has 0 aliphatic rings. The Morgan fingerprint density at radius 3 is 2.55 bits per heavy atom. The van der Waals surface area contributed by atoms with E-state index in [0.29, 0.717) is 0 Å². The van der Waals surface area contributed by atoms with Crippen LogP contribution in [0.1, 0.15) is 5.56 Å². The van der Waals surface area contributed by atoms with Crippen LogP contribution in [-0.2, 0) is 10.0 Å². The van der Waals surface area contributed by atoms with E-state index in [4.69, 9.17) is 17.3 Å². The second kappa shape index (κ2) is 5.30. The summed E-state index contributed by atoms with van der Waals surface area (Å²) in [6, 6.07) is 8.01. The first kappa shape index (κ1) is 14.6. The minimum atomic E-state index is -4.00. The van der Waals surface area contributed by atoms with Crippen LogP contribution in [0.25, 0.3) is 0 Å². The molecule has 0 amide bonds. The van der Waals surface area contributed by atoms with Crippen LogP contribution in [0.5, 0.6) is 0 Å². The van der Waals surface area contributed by atoms with Gasteiger partial charge in [0.1, 0.15) is 10.7 Å². The molecule has 2 rings (SSSR count). The number of aryl methyl sites for hydroxylation is 1. The van der Waals surface area contributed by atoms with E-state index in [2.05, 4.69) is 4.72 Å². The van der Waals surface area contributed by atoms with Crippen molar-refractivity contribution < 1.29 is 12.8 Å². The van der Waals surface area contributed by atoms with Crippen molar-refractivity contribution in [3.05, 3.63) is 52.8 Å². The molecule has 0 saturated heterocycles. The predicted octanol–water partition coefficient (Wildman–Crippen LogP) is 3.17. The minimum absolute atomic E-state index is 0.0397. The lowest BCUT2D eigenvalue weighted by Crippen LogP contribution is -2.15. The molecule has 0 unspecified atom stereocenters. The fourth-order valence-corrected chi connectivity index (χ4v) is 3.21. The van der Waals surface area contributed by atoms with Gasteiger partial charge in [-0.25, -0.2) is 12.8 Å². The summed E-state index contributed by atoms with van der Waals surface area (Å²) in [4.78, 5) is -0.325. The molecule has 3 N–H and O–H groups in total. The Morgan fingerprint density at radius 1 is 1.20 bits per heavy atom. The van der Waals surface area contributed by atoms with Crippen LogP contribution >= 0.6 is 11.6 Å². The molecule has 0 spiro atoms. The molecule has 0 atom stereocenters. The van der Waals surface area contributed by atoms with Crippen LogP contribution in [0.3, 0.4) is 0 Å². The van der Waals surface area contributed by atoms with E-state index >= 15 is 0 Å². The summed E-state index contributed by atoms with van der Waals surface area (Å²) in [5.74, 6) is -0.686. The molecule has 4 nitrogen and oxygen atoms in total. The number of rotatable bonds is 3. The van der Waals surface area contributed by atoms with Crippen LogP contribution in [0.2, 0.25) is 5.02 Å². The van der Waals surface area contributed by atoms with E-state index < -0.39 is 15.8 Å². The Labute approximate surface area is 121 Å². The number of nitrogens with two attached hydrogens (primary N) is 1. The molecule has 106 valence electrons. The van der Waals surface area contributed by atoms with Gasteiger partial charge in [0.05, 0.1) is 16.4 Å². The maximum atomic E-state index is 13.2. The van der Waals surface area contributed by atoms with Crippen molar-refractivity contribution in [1.29, 1.82) is 0 Å². The Balaban J connectivity index is 2.43. The van der Waals surface area contributed by atoms with Gasteiger partial charge >= 0.3 is 0 Å². The second-order valence-corrected chi connectivity index (χ2v) is 6.33. The van der Waals surface area contributed by atoms with E-state index in [0.717, 1.165) is 17.7 Å². The van der Waals surface area contributed by atoms with Gasteiger partial charge in [-0.2, -0.15) is 0 Å². The maximum absolute atomic E-state index is 13.2. The highest BCUT2D eigenvalue weighted by Gasteiger charge is 2.19. The van der Waals surface area contributed by atoms with Crippen LogP contribution in [0.4, 0.5) is 15.8 Å². The van der Waals surface area contributed by atoms with Crippen LogP contribution in [0, 0.1) is 12.7 Å². The molecule has 2 aromatic rings. The van der Waals surface area contributed by atoms with Gasteiger partial charge in [0.2, 0.25) is 0 Å². The van der Waals surface area contributed by atoms with Crippen molar-refractivity contribution in [2.24, 2.45) is 0 Å². The fourth-order valence-electron chi connectivity index (χ4n) is 1.64. The average molecular weight is 315 g/mol. The zero-order chi connectivity index (χ0) is 14.9. The molecule has 2 aromatic carbocycles. The lowest BCUT2D eigenvalue weighted by molar-refractivity contribution is 0.596. The molecule has 0 fully saturated rings. The fraction of sp³-hybridized carbons (Fsp3) is 0.0769. The monoisotopic (exact) mass is 314 g/mol. The average Bonchev–Trinajstić information content (AvgIpc) is 2.35. The SMILES string of the molecule is Cc1ccc(NS(=O)(=O)c2cc(F)ccc2N)c(Cl)c1. The van der Waals surface area contributed by atoms with E-state index in [-0.39, 0.29) is 21.3 Å². The number of hydrogen-bond acceptors (Lipinski definition) is 3. The highest BCUT2D eigenvalue weighted by molar-refractivity contribution is 7.92. The highest BCUT2D eigenvalue weighted by Crippen LogP contribution is 2.27. The van der Waals surface area contributed by atoms with Gasteiger partial charge in [-0.15, -0.1) is 0 Å². The summed E-state index contributed by atoms with van der Waals surface area (Å²) in [6.07, 6.45) is 0. The van der Waals surface area contributed by atoms with Crippen LogP contribution in [0.15, 0.2) is 41.3 Å². The number of sulfonamides is 1. The van der Waals surface area contributed by atoms with E-state index in [1.54, 1.807) is 12.1 Å². The molecule has 0 heterocycles. The van der Waals surface area contributed by atoms with Crippen LogP contribution in [-0.4, -0.2) is 8.42 Å². The molecule has 0 bridgehead atoms. The third-order valence-electron chi connectivity index (χ3n) is 2.63. The van der Waals surface area contributed by atoms with Crippen molar-refractivity contribution in [3.63, 3.8) is 0 Å².